The Balaban J connectivity index is 1.80. The molecule has 0 aromatic heterocycles. The van der Waals surface area contributed by atoms with Crippen molar-refractivity contribution in [3.05, 3.63) is 70.8 Å². The van der Waals surface area contributed by atoms with Crippen LogP contribution in [0.1, 0.15) is 16.7 Å². The molecule has 0 saturated carbocycles. The maximum Gasteiger partial charge on any atom is 0.162 e. The van der Waals surface area contributed by atoms with Gasteiger partial charge in [-0.25, -0.2) is 8.78 Å². The number of fused-ring (bicyclic) bond motifs is 1. The fourth-order valence-electron chi connectivity index (χ4n) is 2.63. The van der Waals surface area contributed by atoms with Crippen molar-refractivity contribution in [2.45, 2.75) is 25.4 Å². The molecule has 19 heavy (non-hydrogen) atoms. The lowest BCUT2D eigenvalue weighted by Gasteiger charge is -2.26. The summed E-state index contributed by atoms with van der Waals surface area (Å²) in [5, 5.41) is 3.38. The summed E-state index contributed by atoms with van der Waals surface area (Å²) in [6.07, 6.45) is 1.37. The summed E-state index contributed by atoms with van der Waals surface area (Å²) in [6, 6.07) is 13.1. The average molecular weight is 259 g/mol. The van der Waals surface area contributed by atoms with E-state index in [0.29, 0.717) is 18.5 Å². The molecule has 1 aliphatic rings. The van der Waals surface area contributed by atoms with Crippen molar-refractivity contribution in [1.82, 2.24) is 5.32 Å². The Bertz CT molecular complexity index is 581. The zero-order valence-corrected chi connectivity index (χ0v) is 10.5. The van der Waals surface area contributed by atoms with Crippen molar-refractivity contribution in [2.75, 3.05) is 0 Å². The first-order chi connectivity index (χ1) is 9.24. The Morgan fingerprint density at radius 2 is 1.84 bits per heavy atom. The van der Waals surface area contributed by atoms with Gasteiger partial charge in [0.15, 0.2) is 11.6 Å². The van der Waals surface area contributed by atoms with E-state index in [9.17, 15) is 8.78 Å². The molecule has 98 valence electrons. The summed E-state index contributed by atoms with van der Waals surface area (Å²) in [5.41, 5.74) is 2.60. The zero-order valence-electron chi connectivity index (χ0n) is 10.5. The molecule has 2 aromatic rings. The predicted octanol–water partition coefficient (Wildman–Crippen LogP) is 3.22. The molecule has 2 aromatic carbocycles. The highest BCUT2D eigenvalue weighted by Crippen LogP contribution is 2.23. The van der Waals surface area contributed by atoms with Gasteiger partial charge in [0, 0.05) is 12.6 Å². The molecule has 0 radical (unpaired) electrons. The second-order valence-corrected chi connectivity index (χ2v) is 4.97. The molecule has 0 bridgehead atoms. The molecule has 3 rings (SSSR count). The third-order valence-electron chi connectivity index (χ3n) is 3.65. The smallest absolute Gasteiger partial charge is 0.162 e. The minimum Gasteiger partial charge on any atom is -0.309 e. The van der Waals surface area contributed by atoms with Gasteiger partial charge in [-0.05, 0) is 35.6 Å². The lowest BCUT2D eigenvalue weighted by molar-refractivity contribution is 0.439. The molecule has 0 aliphatic carbocycles. The van der Waals surface area contributed by atoms with E-state index in [-0.39, 0.29) is 6.04 Å². The third-order valence-corrected chi connectivity index (χ3v) is 3.65. The highest BCUT2D eigenvalue weighted by Gasteiger charge is 2.22. The Morgan fingerprint density at radius 3 is 2.63 bits per heavy atom. The van der Waals surface area contributed by atoms with Crippen LogP contribution in [0, 0.1) is 11.6 Å². The van der Waals surface area contributed by atoms with Crippen LogP contribution in [-0.2, 0) is 19.4 Å². The first-order valence-electron chi connectivity index (χ1n) is 6.47. The Labute approximate surface area is 111 Å². The average Bonchev–Trinajstić information content (AvgIpc) is 2.45. The number of nitrogens with one attached hydrogen (secondary N) is 1. The predicted molar refractivity (Wildman–Crippen MR) is 70.8 cm³/mol. The summed E-state index contributed by atoms with van der Waals surface area (Å²) in [7, 11) is 0. The van der Waals surface area contributed by atoms with E-state index >= 15 is 0 Å². The van der Waals surface area contributed by atoms with Crippen LogP contribution < -0.4 is 5.32 Å². The van der Waals surface area contributed by atoms with E-state index < -0.39 is 11.6 Å². The molecule has 1 atom stereocenters. The molecular weight excluding hydrogens is 244 g/mol. The van der Waals surface area contributed by atoms with Crippen LogP contribution in [0.25, 0.3) is 0 Å². The number of halogens is 2. The lowest BCUT2D eigenvalue weighted by Crippen LogP contribution is -2.37. The normalized spacial score (nSPS) is 18.1. The summed E-state index contributed by atoms with van der Waals surface area (Å²) in [4.78, 5) is 0. The Hall–Kier alpha value is -1.74. The highest BCUT2D eigenvalue weighted by molar-refractivity contribution is 5.33. The van der Waals surface area contributed by atoms with E-state index in [2.05, 4.69) is 17.4 Å². The van der Waals surface area contributed by atoms with Gasteiger partial charge in [-0.3, -0.25) is 0 Å². The molecule has 3 heteroatoms. The quantitative estimate of drug-likeness (QED) is 0.873. The topological polar surface area (TPSA) is 12.0 Å². The van der Waals surface area contributed by atoms with Crippen molar-refractivity contribution in [1.29, 1.82) is 0 Å². The zero-order chi connectivity index (χ0) is 13.2. The van der Waals surface area contributed by atoms with Crippen LogP contribution >= 0.6 is 0 Å². The lowest BCUT2D eigenvalue weighted by atomic mass is 9.91. The van der Waals surface area contributed by atoms with E-state index in [1.54, 1.807) is 6.07 Å². The Kier molecular flexibility index (Phi) is 3.30. The van der Waals surface area contributed by atoms with Gasteiger partial charge in [0.05, 0.1) is 0 Å². The minimum atomic E-state index is -0.751. The van der Waals surface area contributed by atoms with E-state index in [4.69, 9.17) is 0 Å². The van der Waals surface area contributed by atoms with Gasteiger partial charge in [0.25, 0.3) is 0 Å². The van der Waals surface area contributed by atoms with Crippen molar-refractivity contribution in [3.63, 3.8) is 0 Å². The molecule has 0 saturated heterocycles. The SMILES string of the molecule is Fc1ccc2c(c1F)CC(Cc1ccccc1)NC2. The number of hydrogen-bond acceptors (Lipinski definition) is 1. The molecule has 1 aliphatic heterocycles. The van der Waals surface area contributed by atoms with Gasteiger partial charge in [0.1, 0.15) is 0 Å². The third kappa shape index (κ3) is 2.51. The summed E-state index contributed by atoms with van der Waals surface area (Å²) >= 11 is 0. The van der Waals surface area contributed by atoms with E-state index in [1.807, 2.05) is 18.2 Å². The molecule has 0 fully saturated rings. The molecule has 1 heterocycles. The second-order valence-electron chi connectivity index (χ2n) is 4.97. The summed E-state index contributed by atoms with van der Waals surface area (Å²) in [5.74, 6) is -1.43. The molecule has 1 nitrogen and oxygen atoms in total. The highest BCUT2D eigenvalue weighted by atomic mass is 19.2. The monoisotopic (exact) mass is 259 g/mol. The first kappa shape index (κ1) is 12.3. The van der Waals surface area contributed by atoms with Crippen molar-refractivity contribution >= 4 is 0 Å². The summed E-state index contributed by atoms with van der Waals surface area (Å²) < 4.78 is 27.1. The Morgan fingerprint density at radius 1 is 1.05 bits per heavy atom. The van der Waals surface area contributed by atoms with Gasteiger partial charge < -0.3 is 5.32 Å². The van der Waals surface area contributed by atoms with Gasteiger partial charge in [-0.1, -0.05) is 36.4 Å². The van der Waals surface area contributed by atoms with Crippen LogP contribution in [0.5, 0.6) is 0 Å². The van der Waals surface area contributed by atoms with E-state index in [1.165, 1.54) is 11.6 Å². The standard InChI is InChI=1S/C16H15F2N/c17-15-7-6-12-10-19-13(9-14(12)16(15)18)8-11-4-2-1-3-5-11/h1-7,13,19H,8-10H2. The number of benzene rings is 2. The number of rotatable bonds is 2. The maximum atomic E-state index is 13.8. The van der Waals surface area contributed by atoms with Crippen LogP contribution in [0.15, 0.2) is 42.5 Å². The van der Waals surface area contributed by atoms with Gasteiger partial charge in [-0.15, -0.1) is 0 Å². The largest absolute Gasteiger partial charge is 0.309 e. The molecule has 1 unspecified atom stereocenters. The van der Waals surface area contributed by atoms with Gasteiger partial charge in [-0.2, -0.15) is 0 Å². The molecule has 0 amide bonds. The first-order valence-corrected chi connectivity index (χ1v) is 6.47. The van der Waals surface area contributed by atoms with Crippen molar-refractivity contribution in [3.8, 4) is 0 Å². The molecular formula is C16H15F2N. The van der Waals surface area contributed by atoms with Crippen LogP contribution in [-0.4, -0.2) is 6.04 Å². The van der Waals surface area contributed by atoms with Crippen LogP contribution in [0.2, 0.25) is 0 Å². The number of hydrogen-bond donors (Lipinski definition) is 1. The summed E-state index contributed by atoms with van der Waals surface area (Å²) in [6.45, 7) is 0.601. The van der Waals surface area contributed by atoms with Crippen LogP contribution in [0.4, 0.5) is 8.78 Å². The fourth-order valence-corrected chi connectivity index (χ4v) is 2.63. The van der Waals surface area contributed by atoms with Crippen molar-refractivity contribution < 1.29 is 8.78 Å². The molecule has 0 spiro atoms. The van der Waals surface area contributed by atoms with Gasteiger partial charge >= 0.3 is 0 Å². The van der Waals surface area contributed by atoms with E-state index in [0.717, 1.165) is 12.0 Å². The van der Waals surface area contributed by atoms with Gasteiger partial charge in [0.2, 0.25) is 0 Å². The second kappa shape index (κ2) is 5.10. The maximum absolute atomic E-state index is 13.8. The van der Waals surface area contributed by atoms with Crippen LogP contribution in [0.3, 0.4) is 0 Å². The minimum absolute atomic E-state index is 0.159. The molecule has 1 N–H and O–H groups in total. The van der Waals surface area contributed by atoms with Crippen molar-refractivity contribution in [2.24, 2.45) is 0 Å². The fraction of sp³-hybridized carbons (Fsp3) is 0.250.